The van der Waals surface area contributed by atoms with E-state index in [4.69, 9.17) is 4.52 Å². The van der Waals surface area contributed by atoms with Crippen LogP contribution in [0.25, 0.3) is 23.1 Å². The molecule has 32 heavy (non-hydrogen) atoms. The van der Waals surface area contributed by atoms with Gasteiger partial charge < -0.3 is 14.0 Å². The van der Waals surface area contributed by atoms with Gasteiger partial charge in [-0.3, -0.25) is 4.79 Å². The summed E-state index contributed by atoms with van der Waals surface area (Å²) in [5.41, 5.74) is 2.82. The minimum atomic E-state index is -0.338. The summed E-state index contributed by atoms with van der Waals surface area (Å²) in [6.45, 7) is 0.717. The molecule has 1 aliphatic rings. The number of hydrogen-bond acceptors (Lipinski definition) is 7. The zero-order chi connectivity index (χ0) is 22.1. The lowest BCUT2D eigenvalue weighted by Gasteiger charge is -2.29. The summed E-state index contributed by atoms with van der Waals surface area (Å²) >= 11 is 1.31. The summed E-state index contributed by atoms with van der Waals surface area (Å²) in [4.78, 5) is 19.1. The molecule has 5 rings (SSSR count). The van der Waals surface area contributed by atoms with Gasteiger partial charge in [0.25, 0.3) is 5.89 Å². The smallest absolute Gasteiger partial charge is 0.296 e. The first-order chi connectivity index (χ1) is 15.6. The second-order valence-electron chi connectivity index (χ2n) is 7.36. The van der Waals surface area contributed by atoms with E-state index in [0.29, 0.717) is 28.9 Å². The number of halogens is 1. The number of thioether (sulfide) groups is 1. The van der Waals surface area contributed by atoms with E-state index in [2.05, 4.69) is 26.4 Å². The van der Waals surface area contributed by atoms with Gasteiger partial charge in [-0.15, -0.1) is 10.2 Å². The molecule has 0 saturated carbocycles. The third-order valence-corrected chi connectivity index (χ3v) is 6.30. The number of benzene rings is 2. The third kappa shape index (κ3) is 3.89. The molecule has 2 aromatic heterocycles. The fourth-order valence-electron chi connectivity index (χ4n) is 3.65. The van der Waals surface area contributed by atoms with Crippen LogP contribution in [0.1, 0.15) is 12.0 Å². The lowest BCUT2D eigenvalue weighted by Crippen LogP contribution is -2.36. The number of fused-ring (bicyclic) bond motifs is 1. The summed E-state index contributed by atoms with van der Waals surface area (Å²) in [5, 5.41) is 12.8. The summed E-state index contributed by atoms with van der Waals surface area (Å²) in [6, 6.07) is 13.8. The number of amides is 1. The Kier molecular flexibility index (Phi) is 5.44. The molecule has 4 aromatic rings. The molecule has 1 aliphatic heterocycles. The van der Waals surface area contributed by atoms with E-state index in [1.165, 1.54) is 29.5 Å². The van der Waals surface area contributed by atoms with E-state index < -0.39 is 0 Å². The Balaban J connectivity index is 1.29. The molecule has 1 amide bonds. The molecule has 0 aliphatic carbocycles. The maximum Gasteiger partial charge on any atom is 0.296 e. The molecule has 0 atom stereocenters. The number of aromatic nitrogens is 5. The predicted octanol–water partition coefficient (Wildman–Crippen LogP) is 3.74. The van der Waals surface area contributed by atoms with Crippen molar-refractivity contribution in [3.63, 3.8) is 0 Å². The topological polar surface area (TPSA) is 89.9 Å². The number of hydrogen-bond donors (Lipinski definition) is 0. The fourth-order valence-corrected chi connectivity index (χ4v) is 4.44. The Morgan fingerprint density at radius 2 is 1.97 bits per heavy atom. The van der Waals surface area contributed by atoms with E-state index in [1.807, 2.05) is 23.1 Å². The molecule has 3 heterocycles. The van der Waals surface area contributed by atoms with Gasteiger partial charge in [0.1, 0.15) is 5.82 Å². The standard InChI is InChI=1S/C22H19FN6O2S/c1-28-20(21-24-19(27-31-21)15-8-10-16(23)11-9-15)25-26-22(28)32-13-18(30)29-12-4-6-14-5-2-3-7-17(14)29/h2-3,5,7-11H,4,6,12-13H2,1H3. The number of nitrogens with zero attached hydrogens (tertiary/aromatic N) is 6. The average molecular weight is 450 g/mol. The molecule has 0 unspecified atom stereocenters. The number of aryl methyl sites for hydroxylation is 1. The molecular formula is C22H19FN6O2S. The monoisotopic (exact) mass is 450 g/mol. The van der Waals surface area contributed by atoms with E-state index >= 15 is 0 Å². The van der Waals surface area contributed by atoms with Gasteiger partial charge in [-0.1, -0.05) is 35.1 Å². The van der Waals surface area contributed by atoms with Crippen LogP contribution < -0.4 is 4.90 Å². The van der Waals surface area contributed by atoms with Crippen LogP contribution in [0.3, 0.4) is 0 Å². The largest absolute Gasteiger partial charge is 0.330 e. The second-order valence-corrected chi connectivity index (χ2v) is 8.30. The Hall–Kier alpha value is -3.53. The Morgan fingerprint density at radius 1 is 1.16 bits per heavy atom. The molecule has 0 saturated heterocycles. The van der Waals surface area contributed by atoms with Gasteiger partial charge in [0.05, 0.1) is 5.75 Å². The highest BCUT2D eigenvalue weighted by Crippen LogP contribution is 2.29. The van der Waals surface area contributed by atoms with Gasteiger partial charge in [0.15, 0.2) is 5.16 Å². The van der Waals surface area contributed by atoms with E-state index in [0.717, 1.165) is 18.5 Å². The zero-order valence-electron chi connectivity index (χ0n) is 17.2. The van der Waals surface area contributed by atoms with Crippen molar-refractivity contribution < 1.29 is 13.7 Å². The van der Waals surface area contributed by atoms with Crippen molar-refractivity contribution in [2.75, 3.05) is 17.2 Å². The Morgan fingerprint density at radius 3 is 2.81 bits per heavy atom. The van der Waals surface area contributed by atoms with Crippen molar-refractivity contribution in [2.45, 2.75) is 18.0 Å². The first-order valence-corrected chi connectivity index (χ1v) is 11.1. The number of para-hydroxylation sites is 1. The van der Waals surface area contributed by atoms with Crippen molar-refractivity contribution in [2.24, 2.45) is 7.05 Å². The first kappa shape index (κ1) is 20.4. The van der Waals surface area contributed by atoms with Gasteiger partial charge in [0.2, 0.25) is 17.6 Å². The van der Waals surface area contributed by atoms with Crippen LogP contribution in [0, 0.1) is 5.82 Å². The number of anilines is 1. The molecule has 0 N–H and O–H groups in total. The summed E-state index contributed by atoms with van der Waals surface area (Å²) in [5.74, 6) is 0.853. The van der Waals surface area contributed by atoms with Crippen molar-refractivity contribution in [1.82, 2.24) is 24.9 Å². The maximum atomic E-state index is 13.1. The number of carbonyl (C=O) groups is 1. The molecular weight excluding hydrogens is 431 g/mol. The third-order valence-electron chi connectivity index (χ3n) is 5.29. The zero-order valence-corrected chi connectivity index (χ0v) is 18.0. The molecule has 0 radical (unpaired) electrons. The van der Waals surface area contributed by atoms with Crippen LogP contribution in [-0.4, -0.2) is 43.1 Å². The minimum absolute atomic E-state index is 0.0306. The Labute approximate surface area is 187 Å². The van der Waals surface area contributed by atoms with E-state index in [-0.39, 0.29) is 23.4 Å². The van der Waals surface area contributed by atoms with Crippen LogP contribution in [0.4, 0.5) is 10.1 Å². The summed E-state index contributed by atoms with van der Waals surface area (Å²) < 4.78 is 20.2. The van der Waals surface area contributed by atoms with Crippen molar-refractivity contribution in [3.8, 4) is 23.1 Å². The van der Waals surface area contributed by atoms with Crippen LogP contribution in [0.2, 0.25) is 0 Å². The minimum Gasteiger partial charge on any atom is -0.330 e. The van der Waals surface area contributed by atoms with E-state index in [9.17, 15) is 9.18 Å². The highest BCUT2D eigenvalue weighted by molar-refractivity contribution is 7.99. The highest BCUT2D eigenvalue weighted by atomic mass is 32.2. The predicted molar refractivity (Wildman–Crippen MR) is 118 cm³/mol. The maximum absolute atomic E-state index is 13.1. The molecule has 10 heteroatoms. The molecule has 162 valence electrons. The van der Waals surface area contributed by atoms with Gasteiger partial charge in [0, 0.05) is 24.8 Å². The molecule has 0 spiro atoms. The lowest BCUT2D eigenvalue weighted by molar-refractivity contribution is -0.116. The van der Waals surface area contributed by atoms with Gasteiger partial charge in [-0.05, 0) is 48.7 Å². The molecule has 0 bridgehead atoms. The highest BCUT2D eigenvalue weighted by Gasteiger charge is 2.24. The summed E-state index contributed by atoms with van der Waals surface area (Å²) in [6.07, 6.45) is 1.94. The SMILES string of the molecule is Cn1c(SCC(=O)N2CCCc3ccccc32)nnc1-c1nc(-c2ccc(F)cc2)no1. The fraction of sp³-hybridized carbons (Fsp3) is 0.227. The van der Waals surface area contributed by atoms with Gasteiger partial charge >= 0.3 is 0 Å². The lowest BCUT2D eigenvalue weighted by atomic mass is 10.0. The van der Waals surface area contributed by atoms with Gasteiger partial charge in [-0.2, -0.15) is 4.98 Å². The van der Waals surface area contributed by atoms with Crippen LogP contribution in [0.15, 0.2) is 58.2 Å². The molecule has 2 aromatic carbocycles. The van der Waals surface area contributed by atoms with Gasteiger partial charge in [-0.25, -0.2) is 4.39 Å². The quantitative estimate of drug-likeness (QED) is 0.428. The molecule has 0 fully saturated rings. The normalized spacial score (nSPS) is 13.2. The number of carbonyl (C=O) groups excluding carboxylic acids is 1. The summed E-state index contributed by atoms with van der Waals surface area (Å²) in [7, 11) is 1.78. The second kappa shape index (κ2) is 8.54. The van der Waals surface area contributed by atoms with Crippen molar-refractivity contribution in [3.05, 3.63) is 59.9 Å². The van der Waals surface area contributed by atoms with E-state index in [1.54, 1.807) is 23.7 Å². The first-order valence-electron chi connectivity index (χ1n) is 10.1. The molecule has 8 nitrogen and oxygen atoms in total. The van der Waals surface area contributed by atoms with Crippen molar-refractivity contribution in [1.29, 1.82) is 0 Å². The average Bonchev–Trinajstić information content (AvgIpc) is 3.44. The van der Waals surface area contributed by atoms with Crippen LogP contribution >= 0.6 is 11.8 Å². The van der Waals surface area contributed by atoms with Crippen LogP contribution in [-0.2, 0) is 18.3 Å². The number of rotatable bonds is 5. The van der Waals surface area contributed by atoms with Crippen molar-refractivity contribution >= 4 is 23.4 Å². The Bertz CT molecular complexity index is 1270. The van der Waals surface area contributed by atoms with Crippen LogP contribution in [0.5, 0.6) is 0 Å².